The molecule has 1 amide bonds. The zero-order valence-electron chi connectivity index (χ0n) is 21.8. The molecule has 1 N–H and O–H groups in total. The van der Waals surface area contributed by atoms with Crippen molar-refractivity contribution < 1.29 is 19.0 Å². The molecule has 0 aliphatic carbocycles. The molecular weight excluding hydrogens is 510 g/mol. The van der Waals surface area contributed by atoms with E-state index < -0.39 is 5.91 Å². The number of rotatable bonds is 10. The van der Waals surface area contributed by atoms with Gasteiger partial charge in [-0.25, -0.2) is 0 Å². The summed E-state index contributed by atoms with van der Waals surface area (Å²) in [5.41, 5.74) is 3.88. The van der Waals surface area contributed by atoms with Crippen molar-refractivity contribution in [2.24, 2.45) is 4.99 Å². The molecule has 2 heterocycles. The van der Waals surface area contributed by atoms with Gasteiger partial charge in [0.1, 0.15) is 11.6 Å². The van der Waals surface area contributed by atoms with E-state index >= 15 is 0 Å². The molecule has 0 aromatic heterocycles. The van der Waals surface area contributed by atoms with E-state index in [0.29, 0.717) is 42.9 Å². The van der Waals surface area contributed by atoms with Gasteiger partial charge in [-0.05, 0) is 60.9 Å². The fraction of sp³-hybridized carbons (Fsp3) is 0.194. The first-order valence-corrected chi connectivity index (χ1v) is 13.7. The molecule has 39 heavy (non-hydrogen) atoms. The molecule has 0 fully saturated rings. The van der Waals surface area contributed by atoms with Crippen LogP contribution in [0.25, 0.3) is 11.8 Å². The molecule has 2 aliphatic heterocycles. The lowest BCUT2D eigenvalue weighted by Crippen LogP contribution is -2.38. The van der Waals surface area contributed by atoms with Crippen LogP contribution in [0.5, 0.6) is 17.2 Å². The highest BCUT2D eigenvalue weighted by Gasteiger charge is 2.36. The number of amidine groups is 2. The molecule has 7 nitrogen and oxygen atoms in total. The molecule has 0 saturated heterocycles. The first-order valence-electron chi connectivity index (χ1n) is 12.8. The number of ether oxygens (including phenoxy) is 3. The predicted molar refractivity (Wildman–Crippen MR) is 156 cm³/mol. The Kier molecular flexibility index (Phi) is 8.13. The van der Waals surface area contributed by atoms with Crippen molar-refractivity contribution in [3.63, 3.8) is 0 Å². The van der Waals surface area contributed by atoms with Crippen molar-refractivity contribution in [1.82, 2.24) is 4.90 Å². The summed E-state index contributed by atoms with van der Waals surface area (Å²) in [5, 5.41) is 11.3. The number of carbonyl (C=O) groups excluding carboxylic acids is 1. The van der Waals surface area contributed by atoms with Crippen LogP contribution in [0, 0.1) is 12.3 Å². The summed E-state index contributed by atoms with van der Waals surface area (Å²) in [7, 11) is 0. The van der Waals surface area contributed by atoms with Gasteiger partial charge in [-0.15, -0.1) is 0 Å². The summed E-state index contributed by atoms with van der Waals surface area (Å²) in [6, 6.07) is 23.2. The molecule has 8 heteroatoms. The molecule has 0 radical (unpaired) electrons. The van der Waals surface area contributed by atoms with Crippen LogP contribution in [0.4, 0.5) is 0 Å². The van der Waals surface area contributed by atoms with E-state index in [4.69, 9.17) is 19.6 Å². The Bertz CT molecular complexity index is 1480. The molecular formula is C31H29N3O4S. The summed E-state index contributed by atoms with van der Waals surface area (Å²) in [5.74, 6) is 1.70. The number of fused-ring (bicyclic) bond motifs is 1. The van der Waals surface area contributed by atoms with Gasteiger partial charge in [0.15, 0.2) is 16.7 Å². The molecule has 3 aromatic rings. The maximum atomic E-state index is 12.9. The number of nitrogens with one attached hydrogen (secondary N) is 1. The number of hydrogen-bond acceptors (Lipinski definition) is 6. The second-order valence-electron chi connectivity index (χ2n) is 8.93. The highest BCUT2D eigenvalue weighted by atomic mass is 32.2. The van der Waals surface area contributed by atoms with Crippen molar-refractivity contribution in [3.05, 3.63) is 100 Å². The number of aryl methyl sites for hydroxylation is 1. The number of amides is 1. The highest BCUT2D eigenvalue weighted by molar-refractivity contribution is 8.17. The lowest BCUT2D eigenvalue weighted by atomic mass is 10.1. The molecule has 0 bridgehead atoms. The van der Waals surface area contributed by atoms with E-state index in [2.05, 4.69) is 4.99 Å². The van der Waals surface area contributed by atoms with Crippen LogP contribution in [-0.2, 0) is 4.79 Å². The maximum Gasteiger partial charge on any atom is 0.283 e. The largest absolute Gasteiger partial charge is 0.493 e. The Balaban J connectivity index is 1.28. The van der Waals surface area contributed by atoms with Gasteiger partial charge in [-0.3, -0.25) is 15.1 Å². The number of thioether (sulfide) groups is 1. The van der Waals surface area contributed by atoms with Crippen molar-refractivity contribution >= 4 is 40.4 Å². The average molecular weight is 540 g/mol. The number of hydrogen-bond donors (Lipinski definition) is 1. The summed E-state index contributed by atoms with van der Waals surface area (Å²) in [6.07, 6.45) is 2.39. The second-order valence-corrected chi connectivity index (χ2v) is 9.77. The lowest BCUT2D eigenvalue weighted by molar-refractivity contribution is -0.114. The number of carbonyl (C=O) groups is 1. The monoisotopic (exact) mass is 539 g/mol. The fourth-order valence-corrected chi connectivity index (χ4v) is 5.11. The van der Waals surface area contributed by atoms with Crippen LogP contribution in [0.15, 0.2) is 88.8 Å². The van der Waals surface area contributed by atoms with E-state index in [-0.39, 0.29) is 11.4 Å². The van der Waals surface area contributed by atoms with Crippen molar-refractivity contribution in [3.8, 4) is 17.2 Å². The van der Waals surface area contributed by atoms with E-state index in [0.717, 1.165) is 28.1 Å². The predicted octanol–water partition coefficient (Wildman–Crippen LogP) is 6.55. The molecule has 0 atom stereocenters. The number of nitrogens with zero attached hydrogens (tertiary/aromatic N) is 2. The first kappa shape index (κ1) is 26.3. The number of benzene rings is 3. The van der Waals surface area contributed by atoms with E-state index in [1.54, 1.807) is 11.0 Å². The molecule has 2 aliphatic rings. The van der Waals surface area contributed by atoms with Gasteiger partial charge in [0.25, 0.3) is 5.91 Å². The van der Waals surface area contributed by atoms with E-state index in [1.165, 1.54) is 11.8 Å². The second kappa shape index (κ2) is 12.0. The van der Waals surface area contributed by atoms with Crippen LogP contribution in [0.3, 0.4) is 0 Å². The topological polar surface area (TPSA) is 84.2 Å². The van der Waals surface area contributed by atoms with Gasteiger partial charge in [-0.2, -0.15) is 4.99 Å². The zero-order chi connectivity index (χ0) is 27.2. The Morgan fingerprint density at radius 2 is 1.77 bits per heavy atom. The summed E-state index contributed by atoms with van der Waals surface area (Å²) >= 11 is 1.35. The van der Waals surface area contributed by atoms with Crippen LogP contribution in [0.1, 0.15) is 30.0 Å². The standard InChI is InChI=1S/C31H29N3O4S/c1-3-36-28-19-22(13-14-27(28)38-16-8-15-37-24-12-7-9-21(2)17-24)18-25-29(32)34-26(23-10-5-4-6-11-23)20-39-31(34)33-30(25)35/h4-7,9-14,17-20,32H,3,8,15-16H2,1-2H3. The molecule has 198 valence electrons. The van der Waals surface area contributed by atoms with Gasteiger partial charge in [0.2, 0.25) is 0 Å². The van der Waals surface area contributed by atoms with Crippen LogP contribution in [0.2, 0.25) is 0 Å². The lowest BCUT2D eigenvalue weighted by Gasteiger charge is -2.27. The molecule has 0 saturated carbocycles. The Morgan fingerprint density at radius 1 is 0.949 bits per heavy atom. The van der Waals surface area contributed by atoms with Crippen molar-refractivity contribution in [1.29, 1.82) is 5.41 Å². The smallest absolute Gasteiger partial charge is 0.283 e. The van der Waals surface area contributed by atoms with Crippen LogP contribution in [-0.4, -0.2) is 41.6 Å². The molecule has 0 spiro atoms. The first-order chi connectivity index (χ1) is 19.0. The third kappa shape index (κ3) is 6.07. The minimum atomic E-state index is -0.437. The third-order valence-corrected chi connectivity index (χ3v) is 6.89. The van der Waals surface area contributed by atoms with Gasteiger partial charge < -0.3 is 14.2 Å². The third-order valence-electron chi connectivity index (χ3n) is 6.07. The normalized spacial score (nSPS) is 15.6. The van der Waals surface area contributed by atoms with Gasteiger partial charge in [0, 0.05) is 11.8 Å². The van der Waals surface area contributed by atoms with Gasteiger partial charge in [0.05, 0.1) is 31.1 Å². The Hall–Kier alpha value is -4.30. The summed E-state index contributed by atoms with van der Waals surface area (Å²) in [4.78, 5) is 18.8. The SMILES string of the molecule is CCOc1cc(C=C2C(=N)N3C(c4ccccc4)=CSC3=NC2=O)ccc1OCCCOc1cccc(C)c1. The van der Waals surface area contributed by atoms with Crippen LogP contribution >= 0.6 is 11.8 Å². The van der Waals surface area contributed by atoms with E-state index in [1.807, 2.05) is 92.1 Å². The molecule has 3 aromatic carbocycles. The fourth-order valence-electron chi connectivity index (χ4n) is 4.22. The minimum Gasteiger partial charge on any atom is -0.493 e. The maximum absolute atomic E-state index is 12.9. The molecule has 0 unspecified atom stereocenters. The minimum absolute atomic E-state index is 0.0944. The molecule has 5 rings (SSSR count). The quantitative estimate of drug-likeness (QED) is 0.232. The summed E-state index contributed by atoms with van der Waals surface area (Å²) < 4.78 is 17.6. The van der Waals surface area contributed by atoms with E-state index in [9.17, 15) is 4.79 Å². The highest BCUT2D eigenvalue weighted by Crippen LogP contribution is 2.38. The Morgan fingerprint density at radius 3 is 2.56 bits per heavy atom. The average Bonchev–Trinajstić information content (AvgIpc) is 3.36. The Labute approximate surface area is 232 Å². The van der Waals surface area contributed by atoms with Crippen molar-refractivity contribution in [2.45, 2.75) is 20.3 Å². The van der Waals surface area contributed by atoms with Gasteiger partial charge in [-0.1, -0.05) is 60.3 Å². The van der Waals surface area contributed by atoms with Crippen LogP contribution < -0.4 is 14.2 Å². The van der Waals surface area contributed by atoms with Crippen molar-refractivity contribution in [2.75, 3.05) is 19.8 Å². The van der Waals surface area contributed by atoms with Gasteiger partial charge >= 0.3 is 0 Å². The number of aliphatic imine (C=N–C) groups is 1. The zero-order valence-corrected chi connectivity index (χ0v) is 22.7. The summed E-state index contributed by atoms with van der Waals surface area (Å²) in [6.45, 7) is 5.41.